The summed E-state index contributed by atoms with van der Waals surface area (Å²) in [5, 5.41) is 10.0. The molecule has 100 valence electrons. The van der Waals surface area contributed by atoms with E-state index >= 15 is 0 Å². The van der Waals surface area contributed by atoms with E-state index in [2.05, 4.69) is 15.9 Å². The Hall–Kier alpha value is -1.26. The number of aliphatic hydroxyl groups excluding tert-OH is 1. The van der Waals surface area contributed by atoms with Crippen LogP contribution in [0.3, 0.4) is 0 Å². The van der Waals surface area contributed by atoms with Crippen molar-refractivity contribution in [3.05, 3.63) is 69.2 Å². The highest BCUT2D eigenvalue weighted by Gasteiger charge is 2.14. The molecular weight excluding hydrogens is 314 g/mol. The average molecular weight is 327 g/mol. The van der Waals surface area contributed by atoms with E-state index in [0.29, 0.717) is 10.0 Å². The lowest BCUT2D eigenvalue weighted by Crippen LogP contribution is -2.05. The summed E-state index contributed by atoms with van der Waals surface area (Å²) in [6.07, 6.45) is -0.828. The van der Waals surface area contributed by atoms with Crippen LogP contribution in [0.4, 0.5) is 8.78 Å². The molecule has 4 heteroatoms. The molecule has 2 aromatic carbocycles. The summed E-state index contributed by atoms with van der Waals surface area (Å²) in [7, 11) is 0. The quantitative estimate of drug-likeness (QED) is 0.891. The lowest BCUT2D eigenvalue weighted by molar-refractivity contribution is 0.173. The molecule has 2 aromatic rings. The number of aliphatic hydroxyl groups is 1. The first-order valence-corrected chi connectivity index (χ1v) is 6.64. The normalized spacial score (nSPS) is 12.5. The molecule has 0 radical (unpaired) electrons. The van der Waals surface area contributed by atoms with Gasteiger partial charge < -0.3 is 5.11 Å². The molecule has 0 saturated carbocycles. The van der Waals surface area contributed by atoms with Gasteiger partial charge in [0.05, 0.1) is 6.10 Å². The molecule has 19 heavy (non-hydrogen) atoms. The van der Waals surface area contributed by atoms with Crippen molar-refractivity contribution in [1.82, 2.24) is 0 Å². The molecule has 0 amide bonds. The molecule has 0 saturated heterocycles. The van der Waals surface area contributed by atoms with Crippen LogP contribution < -0.4 is 0 Å². The Morgan fingerprint density at radius 1 is 1.16 bits per heavy atom. The summed E-state index contributed by atoms with van der Waals surface area (Å²) in [4.78, 5) is 0. The zero-order valence-electron chi connectivity index (χ0n) is 10.3. The van der Waals surface area contributed by atoms with Crippen LogP contribution in [0.15, 0.2) is 40.9 Å². The van der Waals surface area contributed by atoms with Crippen LogP contribution in [0.25, 0.3) is 0 Å². The van der Waals surface area contributed by atoms with E-state index in [0.717, 1.165) is 5.56 Å². The van der Waals surface area contributed by atoms with Gasteiger partial charge in [-0.25, -0.2) is 8.78 Å². The van der Waals surface area contributed by atoms with E-state index in [9.17, 15) is 13.9 Å². The van der Waals surface area contributed by atoms with Crippen LogP contribution in [0.1, 0.15) is 22.8 Å². The zero-order valence-corrected chi connectivity index (χ0v) is 11.9. The third-order valence-corrected chi connectivity index (χ3v) is 3.32. The molecule has 0 aliphatic rings. The monoisotopic (exact) mass is 326 g/mol. The highest BCUT2D eigenvalue weighted by molar-refractivity contribution is 9.10. The lowest BCUT2D eigenvalue weighted by Gasteiger charge is -2.13. The van der Waals surface area contributed by atoms with E-state index in [1.54, 1.807) is 25.1 Å². The largest absolute Gasteiger partial charge is 0.388 e. The van der Waals surface area contributed by atoms with Crippen LogP contribution in [-0.2, 0) is 6.42 Å². The van der Waals surface area contributed by atoms with Gasteiger partial charge in [-0.1, -0.05) is 28.1 Å². The van der Waals surface area contributed by atoms with Crippen molar-refractivity contribution in [1.29, 1.82) is 0 Å². The van der Waals surface area contributed by atoms with Gasteiger partial charge in [-0.3, -0.25) is 0 Å². The fourth-order valence-corrected chi connectivity index (χ4v) is 2.48. The van der Waals surface area contributed by atoms with Gasteiger partial charge >= 0.3 is 0 Å². The van der Waals surface area contributed by atoms with Crippen LogP contribution in [0.5, 0.6) is 0 Å². The maximum absolute atomic E-state index is 13.7. The van der Waals surface area contributed by atoms with Gasteiger partial charge in [0.15, 0.2) is 0 Å². The highest BCUT2D eigenvalue weighted by atomic mass is 79.9. The molecule has 1 N–H and O–H groups in total. The first-order chi connectivity index (χ1) is 8.95. The summed E-state index contributed by atoms with van der Waals surface area (Å²) in [6.45, 7) is 1.78. The third-order valence-electron chi connectivity index (χ3n) is 2.87. The zero-order chi connectivity index (χ0) is 14.0. The predicted octanol–water partition coefficient (Wildman–Crippen LogP) is 4.31. The molecule has 1 unspecified atom stereocenters. The van der Waals surface area contributed by atoms with Crippen LogP contribution in [0.2, 0.25) is 0 Å². The van der Waals surface area contributed by atoms with Gasteiger partial charge in [-0.2, -0.15) is 0 Å². The van der Waals surface area contributed by atoms with E-state index in [1.807, 2.05) is 0 Å². The predicted molar refractivity (Wildman–Crippen MR) is 73.9 cm³/mol. The Morgan fingerprint density at radius 2 is 1.89 bits per heavy atom. The fraction of sp³-hybridized carbons (Fsp3) is 0.200. The molecule has 0 aliphatic heterocycles. The lowest BCUT2D eigenvalue weighted by atomic mass is 10.00. The molecule has 0 heterocycles. The number of aryl methyl sites for hydroxylation is 1. The third kappa shape index (κ3) is 3.61. The second-order valence-electron chi connectivity index (χ2n) is 4.52. The summed E-state index contributed by atoms with van der Waals surface area (Å²) in [5.74, 6) is -0.830. The summed E-state index contributed by atoms with van der Waals surface area (Å²) in [5.41, 5.74) is 1.63. The Kier molecular flexibility index (Phi) is 4.32. The van der Waals surface area contributed by atoms with Crippen LogP contribution in [0, 0.1) is 18.6 Å². The summed E-state index contributed by atoms with van der Waals surface area (Å²) >= 11 is 3.19. The highest BCUT2D eigenvalue weighted by Crippen LogP contribution is 2.24. The van der Waals surface area contributed by atoms with Crippen molar-refractivity contribution in [3.8, 4) is 0 Å². The van der Waals surface area contributed by atoms with Crippen LogP contribution in [-0.4, -0.2) is 5.11 Å². The Labute approximate surface area is 119 Å². The van der Waals surface area contributed by atoms with E-state index in [1.165, 1.54) is 18.2 Å². The van der Waals surface area contributed by atoms with Crippen molar-refractivity contribution in [2.75, 3.05) is 0 Å². The number of hydrogen-bond donors (Lipinski definition) is 1. The van der Waals surface area contributed by atoms with Gasteiger partial charge in [0, 0.05) is 16.5 Å². The van der Waals surface area contributed by atoms with E-state index in [4.69, 9.17) is 0 Å². The smallest absolute Gasteiger partial charge is 0.129 e. The van der Waals surface area contributed by atoms with Crippen molar-refractivity contribution in [3.63, 3.8) is 0 Å². The average Bonchev–Trinajstić information content (AvgIpc) is 2.26. The Morgan fingerprint density at radius 3 is 2.53 bits per heavy atom. The number of halogens is 3. The summed E-state index contributed by atoms with van der Waals surface area (Å²) in [6, 6.07) is 9.05. The minimum Gasteiger partial charge on any atom is -0.388 e. The van der Waals surface area contributed by atoms with Gasteiger partial charge in [0.25, 0.3) is 0 Å². The number of hydrogen-bond acceptors (Lipinski definition) is 1. The Balaban J connectivity index is 2.22. The van der Waals surface area contributed by atoms with Crippen molar-refractivity contribution < 1.29 is 13.9 Å². The van der Waals surface area contributed by atoms with Crippen molar-refractivity contribution >= 4 is 15.9 Å². The molecule has 0 aliphatic carbocycles. The summed E-state index contributed by atoms with van der Waals surface area (Å²) < 4.78 is 27.5. The molecule has 1 atom stereocenters. The standard InChI is InChI=1S/C15H13BrF2O/c1-9-2-3-13(14(18)4-9)15(19)7-10-5-11(16)8-12(17)6-10/h2-6,8,15,19H,7H2,1H3. The molecule has 1 nitrogen and oxygen atoms in total. The van der Waals surface area contributed by atoms with Crippen molar-refractivity contribution in [2.24, 2.45) is 0 Å². The Bertz CT molecular complexity index is 578. The van der Waals surface area contributed by atoms with Crippen molar-refractivity contribution in [2.45, 2.75) is 19.4 Å². The molecule has 0 fully saturated rings. The van der Waals surface area contributed by atoms with Gasteiger partial charge in [0.2, 0.25) is 0 Å². The maximum atomic E-state index is 13.7. The second-order valence-corrected chi connectivity index (χ2v) is 5.44. The molecule has 0 bridgehead atoms. The molecule has 2 rings (SSSR count). The molecule has 0 spiro atoms. The number of rotatable bonds is 3. The minimum absolute atomic E-state index is 0.163. The maximum Gasteiger partial charge on any atom is 0.129 e. The van der Waals surface area contributed by atoms with Gasteiger partial charge in [0.1, 0.15) is 11.6 Å². The fourth-order valence-electron chi connectivity index (χ4n) is 1.96. The van der Waals surface area contributed by atoms with Gasteiger partial charge in [-0.05, 0) is 42.3 Å². The van der Waals surface area contributed by atoms with E-state index < -0.39 is 11.9 Å². The number of benzene rings is 2. The first kappa shape index (κ1) is 14.2. The SMILES string of the molecule is Cc1ccc(C(O)Cc2cc(F)cc(Br)c2)c(F)c1. The molecule has 0 aromatic heterocycles. The molecular formula is C15H13BrF2O. The topological polar surface area (TPSA) is 20.2 Å². The van der Waals surface area contributed by atoms with Crippen LogP contribution >= 0.6 is 15.9 Å². The van der Waals surface area contributed by atoms with E-state index in [-0.39, 0.29) is 17.8 Å². The second kappa shape index (κ2) is 5.80. The minimum atomic E-state index is -0.991. The van der Waals surface area contributed by atoms with Gasteiger partial charge in [-0.15, -0.1) is 0 Å². The first-order valence-electron chi connectivity index (χ1n) is 5.85.